The van der Waals surface area contributed by atoms with E-state index in [1.807, 2.05) is 14.1 Å². The lowest BCUT2D eigenvalue weighted by Gasteiger charge is -2.09. The van der Waals surface area contributed by atoms with Crippen molar-refractivity contribution in [2.24, 2.45) is 0 Å². The van der Waals surface area contributed by atoms with Gasteiger partial charge in [0.05, 0.1) is 5.56 Å². The molecule has 0 aromatic heterocycles. The van der Waals surface area contributed by atoms with Gasteiger partial charge < -0.3 is 15.7 Å². The van der Waals surface area contributed by atoms with Crippen LogP contribution in [0, 0.1) is 0 Å². The lowest BCUT2D eigenvalue weighted by molar-refractivity contribution is 0.0698. The maximum absolute atomic E-state index is 10.7. The second-order valence-corrected chi connectivity index (χ2v) is 4.87. The van der Waals surface area contributed by atoms with E-state index in [1.165, 1.54) is 0 Å². The van der Waals surface area contributed by atoms with E-state index < -0.39 is 5.97 Å². The second kappa shape index (κ2) is 5.77. The van der Waals surface area contributed by atoms with Crippen LogP contribution < -0.4 is 5.73 Å². The van der Waals surface area contributed by atoms with Crippen LogP contribution in [0.15, 0.2) is 23.1 Å². The van der Waals surface area contributed by atoms with Crippen molar-refractivity contribution >= 4 is 23.4 Å². The molecule has 0 bridgehead atoms. The van der Waals surface area contributed by atoms with Crippen molar-refractivity contribution in [1.82, 2.24) is 4.90 Å². The Hall–Kier alpha value is -1.20. The highest BCUT2D eigenvalue weighted by molar-refractivity contribution is 7.99. The highest BCUT2D eigenvalue weighted by atomic mass is 32.2. The number of hydrogen-bond acceptors (Lipinski definition) is 4. The molecule has 1 aromatic carbocycles. The molecule has 0 aliphatic carbocycles. The van der Waals surface area contributed by atoms with Gasteiger partial charge in [0.2, 0.25) is 0 Å². The van der Waals surface area contributed by atoms with Gasteiger partial charge >= 0.3 is 5.97 Å². The van der Waals surface area contributed by atoms with Gasteiger partial charge in [-0.15, -0.1) is 11.8 Å². The summed E-state index contributed by atoms with van der Waals surface area (Å²) in [6, 6.07) is 5.06. The molecule has 4 nitrogen and oxygen atoms in total. The summed E-state index contributed by atoms with van der Waals surface area (Å²) in [5.74, 6) is -0.0267. The molecule has 0 heterocycles. The summed E-state index contributed by atoms with van der Waals surface area (Å²) in [5, 5.41) is 8.81. The van der Waals surface area contributed by atoms with Gasteiger partial charge in [0.15, 0.2) is 0 Å². The van der Waals surface area contributed by atoms with Crippen LogP contribution in [-0.4, -0.2) is 42.4 Å². The zero-order valence-electron chi connectivity index (χ0n) is 9.43. The molecule has 3 N–H and O–H groups in total. The Balaban J connectivity index is 2.63. The highest BCUT2D eigenvalue weighted by Crippen LogP contribution is 2.23. The fraction of sp³-hybridized carbons (Fsp3) is 0.364. The van der Waals surface area contributed by atoms with E-state index in [9.17, 15) is 4.79 Å². The normalized spacial score (nSPS) is 10.7. The molecule has 1 aromatic rings. The average Bonchev–Trinajstić information content (AvgIpc) is 2.16. The minimum atomic E-state index is -0.984. The summed E-state index contributed by atoms with van der Waals surface area (Å²) >= 11 is 1.67. The van der Waals surface area contributed by atoms with Crippen LogP contribution >= 0.6 is 11.8 Å². The Labute approximate surface area is 99.4 Å². The number of carbonyl (C=O) groups is 1. The average molecular weight is 240 g/mol. The van der Waals surface area contributed by atoms with E-state index >= 15 is 0 Å². The molecule has 0 atom stereocenters. The van der Waals surface area contributed by atoms with Crippen LogP contribution in [0.25, 0.3) is 0 Å². The van der Waals surface area contributed by atoms with Crippen LogP contribution in [-0.2, 0) is 0 Å². The van der Waals surface area contributed by atoms with Crippen molar-refractivity contribution < 1.29 is 9.90 Å². The van der Waals surface area contributed by atoms with Crippen LogP contribution in [0.2, 0.25) is 0 Å². The van der Waals surface area contributed by atoms with Gasteiger partial charge in [-0.2, -0.15) is 0 Å². The summed E-state index contributed by atoms with van der Waals surface area (Å²) in [5.41, 5.74) is 6.13. The van der Waals surface area contributed by atoms with Crippen molar-refractivity contribution in [1.29, 1.82) is 0 Å². The molecule has 0 fully saturated rings. The number of nitrogen functional groups attached to an aromatic ring is 1. The first-order valence-corrected chi connectivity index (χ1v) is 5.89. The standard InChI is InChI=1S/C11H16N2O2S/c1-13(2)5-6-16-8-3-4-9(11(14)15)10(12)7-8/h3-4,7H,5-6,12H2,1-2H3,(H,14,15). The fourth-order valence-electron chi connectivity index (χ4n) is 1.17. The van der Waals surface area contributed by atoms with E-state index in [4.69, 9.17) is 10.8 Å². The Morgan fingerprint density at radius 2 is 2.19 bits per heavy atom. The Kier molecular flexibility index (Phi) is 4.64. The Morgan fingerprint density at radius 1 is 1.50 bits per heavy atom. The third-order valence-corrected chi connectivity index (χ3v) is 3.03. The summed E-state index contributed by atoms with van der Waals surface area (Å²) < 4.78 is 0. The van der Waals surface area contributed by atoms with Gasteiger partial charge in [0.1, 0.15) is 0 Å². The van der Waals surface area contributed by atoms with E-state index in [0.29, 0.717) is 5.69 Å². The number of hydrogen-bond donors (Lipinski definition) is 2. The summed E-state index contributed by atoms with van der Waals surface area (Å²) in [4.78, 5) is 13.8. The van der Waals surface area contributed by atoms with Crippen LogP contribution in [0.1, 0.15) is 10.4 Å². The number of rotatable bonds is 5. The monoisotopic (exact) mass is 240 g/mol. The van der Waals surface area contributed by atoms with Gasteiger partial charge in [-0.3, -0.25) is 0 Å². The van der Waals surface area contributed by atoms with Crippen LogP contribution in [0.5, 0.6) is 0 Å². The molecule has 5 heteroatoms. The maximum atomic E-state index is 10.7. The predicted molar refractivity (Wildman–Crippen MR) is 67.1 cm³/mol. The molecule has 0 spiro atoms. The van der Waals surface area contributed by atoms with Crippen LogP contribution in [0.4, 0.5) is 5.69 Å². The molecule has 0 saturated heterocycles. The smallest absolute Gasteiger partial charge is 0.337 e. The SMILES string of the molecule is CN(C)CCSc1ccc(C(=O)O)c(N)c1. The molecule has 0 amide bonds. The highest BCUT2D eigenvalue weighted by Gasteiger charge is 2.07. The number of thioether (sulfide) groups is 1. The number of benzene rings is 1. The third-order valence-electron chi connectivity index (χ3n) is 2.06. The first-order valence-electron chi connectivity index (χ1n) is 4.91. The van der Waals surface area contributed by atoms with Crippen molar-refractivity contribution in [3.05, 3.63) is 23.8 Å². The first kappa shape index (κ1) is 12.9. The lowest BCUT2D eigenvalue weighted by atomic mass is 10.2. The number of nitrogens with zero attached hydrogens (tertiary/aromatic N) is 1. The van der Waals surface area contributed by atoms with E-state index in [1.54, 1.807) is 30.0 Å². The van der Waals surface area contributed by atoms with Gasteiger partial charge in [-0.25, -0.2) is 4.79 Å². The fourth-order valence-corrected chi connectivity index (χ4v) is 2.24. The molecule has 88 valence electrons. The third kappa shape index (κ3) is 3.75. The number of aromatic carboxylic acids is 1. The van der Waals surface area contributed by atoms with Crippen molar-refractivity contribution in [2.75, 3.05) is 32.1 Å². The summed E-state index contributed by atoms with van der Waals surface area (Å²) in [6.45, 7) is 0.977. The lowest BCUT2D eigenvalue weighted by Crippen LogP contribution is -2.14. The van der Waals surface area contributed by atoms with E-state index in [2.05, 4.69) is 4.90 Å². The quantitative estimate of drug-likeness (QED) is 0.604. The van der Waals surface area contributed by atoms with Crippen molar-refractivity contribution in [3.8, 4) is 0 Å². The van der Waals surface area contributed by atoms with Crippen LogP contribution in [0.3, 0.4) is 0 Å². The largest absolute Gasteiger partial charge is 0.478 e. The zero-order chi connectivity index (χ0) is 12.1. The zero-order valence-corrected chi connectivity index (χ0v) is 10.3. The first-order chi connectivity index (χ1) is 7.50. The van der Waals surface area contributed by atoms with Gasteiger partial charge in [0, 0.05) is 22.9 Å². The Morgan fingerprint density at radius 3 is 2.69 bits per heavy atom. The summed E-state index contributed by atoms with van der Waals surface area (Å²) in [6.07, 6.45) is 0. The molecule has 0 unspecified atom stereocenters. The van der Waals surface area contributed by atoms with Crippen molar-refractivity contribution in [3.63, 3.8) is 0 Å². The molecule has 0 aliphatic rings. The number of nitrogens with two attached hydrogens (primary N) is 1. The van der Waals surface area contributed by atoms with E-state index in [-0.39, 0.29) is 5.56 Å². The molecule has 16 heavy (non-hydrogen) atoms. The molecule has 1 rings (SSSR count). The molecule has 0 radical (unpaired) electrons. The van der Waals surface area contributed by atoms with Gasteiger partial charge in [-0.05, 0) is 32.3 Å². The number of carboxylic acid groups (broad SMARTS) is 1. The maximum Gasteiger partial charge on any atom is 0.337 e. The number of carboxylic acids is 1. The molecular formula is C11H16N2O2S. The van der Waals surface area contributed by atoms with Crippen molar-refractivity contribution in [2.45, 2.75) is 4.90 Å². The second-order valence-electron chi connectivity index (χ2n) is 3.71. The van der Waals surface area contributed by atoms with E-state index in [0.717, 1.165) is 17.2 Å². The summed E-state index contributed by atoms with van der Waals surface area (Å²) in [7, 11) is 4.03. The minimum Gasteiger partial charge on any atom is -0.478 e. The molecule has 0 aliphatic heterocycles. The Bertz CT molecular complexity index is 380. The topological polar surface area (TPSA) is 66.6 Å². The van der Waals surface area contributed by atoms with Gasteiger partial charge in [0.25, 0.3) is 0 Å². The molecule has 0 saturated carbocycles. The predicted octanol–water partition coefficient (Wildman–Crippen LogP) is 1.62. The molecular weight excluding hydrogens is 224 g/mol. The number of anilines is 1. The van der Waals surface area contributed by atoms with Gasteiger partial charge in [-0.1, -0.05) is 0 Å². The minimum absolute atomic E-state index is 0.164.